The first-order valence-electron chi connectivity index (χ1n) is 9.50. The fourth-order valence-corrected chi connectivity index (χ4v) is 4.60. The summed E-state index contributed by atoms with van der Waals surface area (Å²) < 4.78 is 17.4. The van der Waals surface area contributed by atoms with Crippen molar-refractivity contribution in [1.82, 2.24) is 10.6 Å². The van der Waals surface area contributed by atoms with Gasteiger partial charge in [0.15, 0.2) is 11.5 Å². The molecular formula is C20H23BrN2O5. The van der Waals surface area contributed by atoms with Crippen molar-refractivity contribution in [2.75, 3.05) is 6.79 Å². The zero-order valence-electron chi connectivity index (χ0n) is 15.8. The molecule has 1 aliphatic carbocycles. The summed E-state index contributed by atoms with van der Waals surface area (Å²) in [5.41, 5.74) is 1.60. The Bertz CT molecular complexity index is 853. The van der Waals surface area contributed by atoms with E-state index in [2.05, 4.69) is 33.5 Å². The monoisotopic (exact) mass is 450 g/mol. The average molecular weight is 451 g/mol. The van der Waals surface area contributed by atoms with E-state index in [1.807, 2.05) is 0 Å². The number of amides is 2. The van der Waals surface area contributed by atoms with E-state index >= 15 is 0 Å². The summed E-state index contributed by atoms with van der Waals surface area (Å²) in [6, 6.07) is 2.56. The van der Waals surface area contributed by atoms with Crippen LogP contribution in [0.25, 0.3) is 0 Å². The molecule has 3 aliphatic rings. The van der Waals surface area contributed by atoms with Gasteiger partial charge in [0.25, 0.3) is 0 Å². The number of hydrogen-bond acceptors (Lipinski definition) is 5. The molecule has 2 amide bonds. The van der Waals surface area contributed by atoms with Gasteiger partial charge >= 0.3 is 12.0 Å². The van der Waals surface area contributed by atoms with Crippen molar-refractivity contribution in [2.45, 2.75) is 51.7 Å². The lowest BCUT2D eigenvalue weighted by Gasteiger charge is -2.31. The average Bonchev–Trinajstić information content (AvgIpc) is 3.07. The first kappa shape index (κ1) is 19.1. The van der Waals surface area contributed by atoms with Crippen molar-refractivity contribution in [3.05, 3.63) is 33.4 Å². The molecule has 1 fully saturated rings. The number of nitrogens with one attached hydrogen (secondary N) is 2. The number of allylic oxidation sites excluding steroid dienone is 1. The number of ether oxygens (including phenoxy) is 3. The molecule has 0 spiro atoms. The minimum atomic E-state index is -0.647. The van der Waals surface area contributed by atoms with Crippen LogP contribution in [0.1, 0.15) is 51.1 Å². The van der Waals surface area contributed by atoms with Gasteiger partial charge in [0.05, 0.1) is 11.6 Å². The molecule has 1 aromatic rings. The molecule has 2 N–H and O–H groups in total. The second-order valence-electron chi connectivity index (χ2n) is 7.60. The maximum absolute atomic E-state index is 13.1. The van der Waals surface area contributed by atoms with E-state index in [0.29, 0.717) is 38.7 Å². The van der Waals surface area contributed by atoms with Gasteiger partial charge in [-0.05, 0) is 49.8 Å². The largest absolute Gasteiger partial charge is 0.459 e. The molecule has 0 aromatic heterocycles. The first-order valence-corrected chi connectivity index (χ1v) is 10.3. The zero-order valence-corrected chi connectivity index (χ0v) is 17.4. The fourth-order valence-electron chi connectivity index (χ4n) is 4.05. The van der Waals surface area contributed by atoms with Crippen LogP contribution in [0.2, 0.25) is 0 Å². The summed E-state index contributed by atoms with van der Waals surface area (Å²) in [5.74, 6) is 1.35. The summed E-state index contributed by atoms with van der Waals surface area (Å²) in [5, 5.41) is 5.52. The topological polar surface area (TPSA) is 85.9 Å². The minimum absolute atomic E-state index is 0.0879. The Labute approximate surface area is 171 Å². The predicted octanol–water partition coefficient (Wildman–Crippen LogP) is 3.93. The van der Waals surface area contributed by atoms with E-state index < -0.39 is 12.0 Å². The van der Waals surface area contributed by atoms with Crippen LogP contribution in [0.5, 0.6) is 11.5 Å². The van der Waals surface area contributed by atoms with Gasteiger partial charge in [0.2, 0.25) is 6.79 Å². The van der Waals surface area contributed by atoms with Crippen LogP contribution in [0.3, 0.4) is 0 Å². The number of esters is 1. The number of hydrogen-bond donors (Lipinski definition) is 2. The third kappa shape index (κ3) is 3.70. The number of fused-ring (bicyclic) bond motifs is 1. The van der Waals surface area contributed by atoms with E-state index in [1.54, 1.807) is 19.1 Å². The van der Waals surface area contributed by atoms with Gasteiger partial charge in [-0.2, -0.15) is 0 Å². The zero-order chi connectivity index (χ0) is 19.8. The van der Waals surface area contributed by atoms with E-state index in [9.17, 15) is 9.59 Å². The minimum Gasteiger partial charge on any atom is -0.459 e. The lowest BCUT2D eigenvalue weighted by atomic mass is 9.88. The molecule has 7 nitrogen and oxygen atoms in total. The van der Waals surface area contributed by atoms with Crippen molar-refractivity contribution in [1.29, 1.82) is 0 Å². The highest BCUT2D eigenvalue weighted by Gasteiger charge is 2.36. The predicted molar refractivity (Wildman–Crippen MR) is 105 cm³/mol. The second-order valence-corrected chi connectivity index (χ2v) is 8.45. The van der Waals surface area contributed by atoms with Crippen LogP contribution >= 0.6 is 15.9 Å². The molecule has 8 heteroatoms. The third-order valence-electron chi connectivity index (χ3n) is 5.45. The second kappa shape index (κ2) is 7.66. The standard InChI is InChI=1S/C20H23BrN2O5/c1-10-4-3-5-12(6-10)28-19(24)17-11(2)22-20(25)23-18(17)13-7-15-16(8-14(13)21)27-9-26-15/h7-8,10,12,18H,3-6,9H2,1-2H3,(H2,22,23,25)/t10-,12+,18-/m0/s1. The molecule has 4 rings (SSSR count). The molecule has 0 radical (unpaired) electrons. The molecule has 2 aliphatic heterocycles. The molecule has 2 heterocycles. The van der Waals surface area contributed by atoms with E-state index in [0.717, 1.165) is 19.3 Å². The SMILES string of the molecule is CC1=C(C(=O)O[C@@H]2CCC[C@H](C)C2)[C@H](c2cc3c(cc2Br)OCO3)NC(=O)N1. The van der Waals surface area contributed by atoms with Gasteiger partial charge in [0.1, 0.15) is 6.10 Å². The normalized spacial score (nSPS) is 26.5. The van der Waals surface area contributed by atoms with Gasteiger partial charge in [-0.3, -0.25) is 0 Å². The lowest BCUT2D eigenvalue weighted by molar-refractivity contribution is -0.146. The Hall–Kier alpha value is -2.22. The Balaban J connectivity index is 1.64. The number of carbonyl (C=O) groups is 2. The first-order chi connectivity index (χ1) is 13.4. The van der Waals surface area contributed by atoms with Gasteiger partial charge < -0.3 is 24.8 Å². The molecule has 1 aromatic carbocycles. The van der Waals surface area contributed by atoms with Gasteiger partial charge in [-0.1, -0.05) is 29.3 Å². The van der Waals surface area contributed by atoms with Crippen LogP contribution in [0.15, 0.2) is 27.9 Å². The Morgan fingerprint density at radius 2 is 2.00 bits per heavy atom. The fraction of sp³-hybridized carbons (Fsp3) is 0.500. The smallest absolute Gasteiger partial charge is 0.338 e. The number of urea groups is 1. The highest BCUT2D eigenvalue weighted by molar-refractivity contribution is 9.10. The Morgan fingerprint density at radius 1 is 1.25 bits per heavy atom. The van der Waals surface area contributed by atoms with E-state index in [4.69, 9.17) is 14.2 Å². The maximum Gasteiger partial charge on any atom is 0.338 e. The van der Waals surface area contributed by atoms with Crippen molar-refractivity contribution in [3.8, 4) is 11.5 Å². The summed E-state index contributed by atoms with van der Waals surface area (Å²) in [6.45, 7) is 4.04. The molecule has 28 heavy (non-hydrogen) atoms. The van der Waals surface area contributed by atoms with Crippen molar-refractivity contribution in [3.63, 3.8) is 0 Å². The number of benzene rings is 1. The molecule has 0 unspecified atom stereocenters. The Morgan fingerprint density at radius 3 is 2.75 bits per heavy atom. The van der Waals surface area contributed by atoms with Crippen LogP contribution in [0.4, 0.5) is 4.79 Å². The molecule has 1 saturated carbocycles. The van der Waals surface area contributed by atoms with E-state index in [1.165, 1.54) is 6.42 Å². The quantitative estimate of drug-likeness (QED) is 0.681. The molecule has 150 valence electrons. The summed E-state index contributed by atoms with van der Waals surface area (Å²) >= 11 is 3.53. The van der Waals surface area contributed by atoms with Gasteiger partial charge in [0, 0.05) is 10.2 Å². The molecule has 0 bridgehead atoms. The van der Waals surface area contributed by atoms with Crippen LogP contribution in [-0.4, -0.2) is 24.9 Å². The van der Waals surface area contributed by atoms with Crippen LogP contribution in [-0.2, 0) is 9.53 Å². The highest BCUT2D eigenvalue weighted by atomic mass is 79.9. The van der Waals surface area contributed by atoms with Crippen LogP contribution in [0, 0.1) is 5.92 Å². The van der Waals surface area contributed by atoms with Crippen LogP contribution < -0.4 is 20.1 Å². The number of rotatable bonds is 3. The third-order valence-corrected chi connectivity index (χ3v) is 6.14. The van der Waals surface area contributed by atoms with E-state index in [-0.39, 0.29) is 18.9 Å². The maximum atomic E-state index is 13.1. The molecule has 3 atom stereocenters. The molecule has 0 saturated heterocycles. The number of halogens is 1. The summed E-state index contributed by atoms with van der Waals surface area (Å²) in [7, 11) is 0. The Kier molecular flexibility index (Phi) is 5.23. The summed E-state index contributed by atoms with van der Waals surface area (Å²) in [4.78, 5) is 25.2. The van der Waals surface area contributed by atoms with Crippen molar-refractivity contribution < 1.29 is 23.8 Å². The van der Waals surface area contributed by atoms with Crippen molar-refractivity contribution >= 4 is 27.9 Å². The molecular weight excluding hydrogens is 428 g/mol. The van der Waals surface area contributed by atoms with Crippen molar-refractivity contribution in [2.24, 2.45) is 5.92 Å². The lowest BCUT2D eigenvalue weighted by Crippen LogP contribution is -2.45. The van der Waals surface area contributed by atoms with Gasteiger partial charge in [-0.15, -0.1) is 0 Å². The highest BCUT2D eigenvalue weighted by Crippen LogP contribution is 2.41. The van der Waals surface area contributed by atoms with Gasteiger partial charge in [-0.25, -0.2) is 9.59 Å². The number of carbonyl (C=O) groups excluding carboxylic acids is 2. The summed E-state index contributed by atoms with van der Waals surface area (Å²) in [6.07, 6.45) is 3.88.